The van der Waals surface area contributed by atoms with Crippen LogP contribution in [0.1, 0.15) is 29.4 Å². The lowest BCUT2D eigenvalue weighted by atomic mass is 10.4. The fourth-order valence-corrected chi connectivity index (χ4v) is 1.98. The maximum absolute atomic E-state index is 12.0. The van der Waals surface area contributed by atoms with E-state index in [0.29, 0.717) is 11.7 Å². The average Bonchev–Trinajstić information content (AvgIpc) is 2.98. The van der Waals surface area contributed by atoms with Gasteiger partial charge in [0.15, 0.2) is 0 Å². The van der Waals surface area contributed by atoms with Crippen molar-refractivity contribution in [1.29, 1.82) is 0 Å². The van der Waals surface area contributed by atoms with E-state index in [1.54, 1.807) is 6.07 Å². The van der Waals surface area contributed by atoms with Gasteiger partial charge in [-0.2, -0.15) is 0 Å². The minimum atomic E-state index is -2.52. The fraction of sp³-hybridized carbons (Fsp3) is 0.500. The van der Waals surface area contributed by atoms with Gasteiger partial charge in [0.1, 0.15) is 5.69 Å². The summed E-state index contributed by atoms with van der Waals surface area (Å²) in [5.74, 6) is -0.446. The molecule has 6 heteroatoms. The van der Waals surface area contributed by atoms with E-state index in [9.17, 15) is 13.6 Å². The van der Waals surface area contributed by atoms with E-state index in [4.69, 9.17) is 0 Å². The van der Waals surface area contributed by atoms with Crippen LogP contribution in [-0.2, 0) is 0 Å². The number of nitrogens with one attached hydrogen (secondary N) is 1. The van der Waals surface area contributed by atoms with Gasteiger partial charge in [-0.15, -0.1) is 0 Å². The van der Waals surface area contributed by atoms with Crippen molar-refractivity contribution in [2.45, 2.75) is 25.3 Å². The first-order valence-corrected chi connectivity index (χ1v) is 5.81. The molecule has 1 aliphatic carbocycles. The van der Waals surface area contributed by atoms with E-state index in [-0.39, 0.29) is 0 Å². The van der Waals surface area contributed by atoms with Crippen LogP contribution in [0.25, 0.3) is 0 Å². The molecule has 2 rings (SSSR count). The largest absolute Gasteiger partial charge is 0.345 e. The number of hydrogen-bond donors (Lipinski definition) is 1. The fourth-order valence-electron chi connectivity index (χ4n) is 1.54. The third-order valence-corrected chi connectivity index (χ3v) is 2.84. The zero-order valence-corrected chi connectivity index (χ0v) is 10.0. The molecule has 1 saturated carbocycles. The summed E-state index contributed by atoms with van der Waals surface area (Å²) in [6.07, 6.45) is 1.37. The van der Waals surface area contributed by atoms with Crippen LogP contribution in [0.2, 0.25) is 0 Å². The van der Waals surface area contributed by atoms with E-state index in [1.807, 2.05) is 10.8 Å². The second-order valence-electron chi connectivity index (χ2n) is 3.78. The lowest BCUT2D eigenvalue weighted by Gasteiger charge is -2.07. The molecule has 1 aromatic heterocycles. The van der Waals surface area contributed by atoms with E-state index >= 15 is 0 Å². The van der Waals surface area contributed by atoms with Gasteiger partial charge in [0.05, 0.1) is 6.54 Å². The average molecular weight is 293 g/mol. The highest BCUT2D eigenvalue weighted by molar-refractivity contribution is 9.10. The highest BCUT2D eigenvalue weighted by atomic mass is 79.9. The minimum absolute atomic E-state index is 0.346. The Kier molecular flexibility index (Phi) is 3.28. The molecule has 0 aliphatic heterocycles. The maximum atomic E-state index is 12.0. The summed E-state index contributed by atoms with van der Waals surface area (Å²) in [6.45, 7) is -0.605. The zero-order valence-electron chi connectivity index (χ0n) is 8.42. The summed E-state index contributed by atoms with van der Waals surface area (Å²) in [6, 6.07) is 2.00. The lowest BCUT2D eigenvalue weighted by molar-refractivity contribution is 0.0882. The molecule has 0 spiro atoms. The van der Waals surface area contributed by atoms with E-state index < -0.39 is 18.9 Å². The molecule has 3 nitrogen and oxygen atoms in total. The van der Waals surface area contributed by atoms with Crippen LogP contribution in [-0.4, -0.2) is 23.4 Å². The van der Waals surface area contributed by atoms with Crippen LogP contribution in [0.3, 0.4) is 0 Å². The summed E-state index contributed by atoms with van der Waals surface area (Å²) >= 11 is 3.28. The third-order valence-electron chi connectivity index (χ3n) is 2.41. The van der Waals surface area contributed by atoms with Crippen molar-refractivity contribution in [3.63, 3.8) is 0 Å². The van der Waals surface area contributed by atoms with Gasteiger partial charge in [0, 0.05) is 16.7 Å². The molecule has 1 N–H and O–H groups in total. The second kappa shape index (κ2) is 4.53. The number of nitrogens with zero attached hydrogens (tertiary/aromatic N) is 1. The van der Waals surface area contributed by atoms with Gasteiger partial charge < -0.3 is 9.88 Å². The quantitative estimate of drug-likeness (QED) is 0.909. The van der Waals surface area contributed by atoms with Gasteiger partial charge in [-0.05, 0) is 34.8 Å². The van der Waals surface area contributed by atoms with Crippen LogP contribution in [0.5, 0.6) is 0 Å². The number of hydrogen-bond acceptors (Lipinski definition) is 1. The van der Waals surface area contributed by atoms with Gasteiger partial charge in [0.25, 0.3) is 12.3 Å². The maximum Gasteiger partial charge on any atom is 0.268 e. The Morgan fingerprint density at radius 1 is 1.62 bits per heavy atom. The monoisotopic (exact) mass is 292 g/mol. The Labute approximate surface area is 99.9 Å². The number of carbonyl (C=O) groups is 1. The molecule has 0 bridgehead atoms. The van der Waals surface area contributed by atoms with Crippen molar-refractivity contribution in [2.24, 2.45) is 0 Å². The van der Waals surface area contributed by atoms with Crippen molar-refractivity contribution >= 4 is 21.8 Å². The van der Waals surface area contributed by atoms with Crippen LogP contribution in [0, 0.1) is 0 Å². The highest BCUT2D eigenvalue weighted by Crippen LogP contribution is 2.37. The van der Waals surface area contributed by atoms with Crippen LogP contribution in [0.4, 0.5) is 8.78 Å². The van der Waals surface area contributed by atoms with Gasteiger partial charge in [-0.25, -0.2) is 8.78 Å². The Balaban J connectivity index is 2.09. The van der Waals surface area contributed by atoms with Crippen molar-refractivity contribution < 1.29 is 13.6 Å². The van der Waals surface area contributed by atoms with Crippen molar-refractivity contribution in [1.82, 2.24) is 9.88 Å². The molecule has 0 aromatic carbocycles. The molecular weight excluding hydrogens is 282 g/mol. The molecule has 88 valence electrons. The standard InChI is InChI=1S/C10H11BrF2N2O/c11-6-3-8(10(16)14-4-9(12)13)15(5-6)7-1-2-7/h3,5,7,9H,1-2,4H2,(H,14,16). The number of alkyl halides is 2. The van der Waals surface area contributed by atoms with Crippen LogP contribution >= 0.6 is 15.9 Å². The van der Waals surface area contributed by atoms with Gasteiger partial charge in [-0.3, -0.25) is 4.79 Å². The summed E-state index contributed by atoms with van der Waals surface area (Å²) in [5, 5.41) is 2.20. The summed E-state index contributed by atoms with van der Waals surface area (Å²) in [7, 11) is 0. The SMILES string of the molecule is O=C(NCC(F)F)c1cc(Br)cn1C1CC1. The molecule has 1 fully saturated rings. The van der Waals surface area contributed by atoms with Crippen molar-refractivity contribution in [2.75, 3.05) is 6.54 Å². The molecule has 0 radical (unpaired) electrons. The minimum Gasteiger partial charge on any atom is -0.345 e. The smallest absolute Gasteiger partial charge is 0.268 e. The predicted molar refractivity (Wildman–Crippen MR) is 58.7 cm³/mol. The summed E-state index contributed by atoms with van der Waals surface area (Å²) in [4.78, 5) is 11.6. The molecule has 0 saturated heterocycles. The lowest BCUT2D eigenvalue weighted by Crippen LogP contribution is -2.30. The molecule has 1 aromatic rings. The molecule has 16 heavy (non-hydrogen) atoms. The number of carbonyl (C=O) groups excluding carboxylic acids is 1. The number of rotatable bonds is 4. The molecule has 0 atom stereocenters. The molecule has 1 amide bonds. The second-order valence-corrected chi connectivity index (χ2v) is 4.70. The predicted octanol–water partition coefficient (Wildman–Crippen LogP) is 2.58. The number of amides is 1. The first-order chi connectivity index (χ1) is 7.58. The molecule has 1 aliphatic rings. The highest BCUT2D eigenvalue weighted by Gasteiger charge is 2.27. The van der Waals surface area contributed by atoms with Gasteiger partial charge in [0.2, 0.25) is 0 Å². The third kappa shape index (κ3) is 2.61. The number of halogens is 3. The van der Waals surface area contributed by atoms with E-state index in [0.717, 1.165) is 17.3 Å². The Morgan fingerprint density at radius 2 is 2.31 bits per heavy atom. The first-order valence-electron chi connectivity index (χ1n) is 5.01. The summed E-state index contributed by atoms with van der Waals surface area (Å²) in [5.41, 5.74) is 0.440. The van der Waals surface area contributed by atoms with Gasteiger partial charge in [-0.1, -0.05) is 0 Å². The topological polar surface area (TPSA) is 34.0 Å². The zero-order chi connectivity index (χ0) is 11.7. The first kappa shape index (κ1) is 11.6. The number of aromatic nitrogens is 1. The molecule has 1 heterocycles. The van der Waals surface area contributed by atoms with Crippen LogP contribution < -0.4 is 5.32 Å². The summed E-state index contributed by atoms with van der Waals surface area (Å²) < 4.78 is 26.5. The van der Waals surface area contributed by atoms with E-state index in [1.165, 1.54) is 0 Å². The Morgan fingerprint density at radius 3 is 2.88 bits per heavy atom. The normalized spacial score (nSPS) is 15.5. The Hall–Kier alpha value is -0.910. The van der Waals surface area contributed by atoms with Crippen LogP contribution in [0.15, 0.2) is 16.7 Å². The van der Waals surface area contributed by atoms with Gasteiger partial charge >= 0.3 is 0 Å². The molecule has 0 unspecified atom stereocenters. The Bertz CT molecular complexity index is 402. The molecular formula is C10H11BrF2N2O. The van der Waals surface area contributed by atoms with Crippen molar-refractivity contribution in [3.8, 4) is 0 Å². The van der Waals surface area contributed by atoms with Crippen molar-refractivity contribution in [3.05, 3.63) is 22.4 Å². The van der Waals surface area contributed by atoms with E-state index in [2.05, 4.69) is 21.2 Å².